The molecule has 6 heteroatoms. The molecule has 0 bridgehead atoms. The Labute approximate surface area is 98.2 Å². The number of nitrogens with two attached hydrogens (primary N) is 1. The molecule has 0 aliphatic rings. The van der Waals surface area contributed by atoms with Crippen LogP contribution in [0.5, 0.6) is 0 Å². The van der Waals surface area contributed by atoms with Crippen LogP contribution in [-0.2, 0) is 4.79 Å². The summed E-state index contributed by atoms with van der Waals surface area (Å²) < 4.78 is 13.1. The van der Waals surface area contributed by atoms with Crippen molar-refractivity contribution in [2.75, 3.05) is 18.8 Å². The van der Waals surface area contributed by atoms with E-state index in [0.29, 0.717) is 25.9 Å². The molecule has 17 heavy (non-hydrogen) atoms. The van der Waals surface area contributed by atoms with E-state index in [-0.39, 0.29) is 11.3 Å². The van der Waals surface area contributed by atoms with Crippen LogP contribution in [0, 0.1) is 5.82 Å². The summed E-state index contributed by atoms with van der Waals surface area (Å²) in [6.07, 6.45) is 1.19. The number of anilines is 1. The molecule has 0 heterocycles. The molecule has 0 aliphatic carbocycles. The van der Waals surface area contributed by atoms with Crippen molar-refractivity contribution >= 4 is 18.0 Å². The molecule has 4 N–H and O–H groups in total. The smallest absolute Gasteiger partial charge is 0.253 e. The van der Waals surface area contributed by atoms with Gasteiger partial charge in [-0.25, -0.2) is 4.39 Å². The first kappa shape index (κ1) is 13.0. The molecule has 5 nitrogen and oxygen atoms in total. The molecule has 1 rings (SSSR count). The minimum atomic E-state index is -0.611. The van der Waals surface area contributed by atoms with Crippen LogP contribution < -0.4 is 16.4 Å². The summed E-state index contributed by atoms with van der Waals surface area (Å²) in [5, 5.41) is 5.05. The lowest BCUT2D eigenvalue weighted by Gasteiger charge is -2.07. The van der Waals surface area contributed by atoms with Gasteiger partial charge in [-0.2, -0.15) is 0 Å². The van der Waals surface area contributed by atoms with Gasteiger partial charge in [0.25, 0.3) is 5.91 Å². The fourth-order valence-electron chi connectivity index (χ4n) is 1.28. The quantitative estimate of drug-likeness (QED) is 0.378. The van der Waals surface area contributed by atoms with E-state index in [4.69, 9.17) is 5.73 Å². The maximum Gasteiger partial charge on any atom is 0.253 e. The molecular weight excluding hydrogens is 225 g/mol. The average Bonchev–Trinajstić information content (AvgIpc) is 2.32. The summed E-state index contributed by atoms with van der Waals surface area (Å²) in [5.74, 6) is -1.03. The standard InChI is InChI=1S/C11H14FN3O2/c12-9-4-1-3-8(10(9)13)11(17)15-6-2-5-14-7-16/h1,3-4,7H,2,5-6,13H2,(H,14,16)(H,15,17). The van der Waals surface area contributed by atoms with E-state index < -0.39 is 11.7 Å². The molecule has 0 atom stereocenters. The Balaban J connectivity index is 2.47. The highest BCUT2D eigenvalue weighted by Crippen LogP contribution is 2.15. The molecule has 0 aromatic heterocycles. The number of nitrogens with one attached hydrogen (secondary N) is 2. The molecule has 0 fully saturated rings. The van der Waals surface area contributed by atoms with Crippen molar-refractivity contribution in [3.63, 3.8) is 0 Å². The highest BCUT2D eigenvalue weighted by molar-refractivity contribution is 5.99. The van der Waals surface area contributed by atoms with Gasteiger partial charge in [0.2, 0.25) is 6.41 Å². The zero-order valence-electron chi connectivity index (χ0n) is 9.20. The minimum Gasteiger partial charge on any atom is -0.396 e. The van der Waals surface area contributed by atoms with Crippen LogP contribution in [0.1, 0.15) is 16.8 Å². The fourth-order valence-corrected chi connectivity index (χ4v) is 1.28. The van der Waals surface area contributed by atoms with Crippen LogP contribution in [0.3, 0.4) is 0 Å². The van der Waals surface area contributed by atoms with E-state index in [9.17, 15) is 14.0 Å². The Hall–Kier alpha value is -2.11. The highest BCUT2D eigenvalue weighted by Gasteiger charge is 2.11. The predicted molar refractivity (Wildman–Crippen MR) is 61.8 cm³/mol. The average molecular weight is 239 g/mol. The Morgan fingerprint density at radius 3 is 2.88 bits per heavy atom. The van der Waals surface area contributed by atoms with Crippen LogP contribution in [-0.4, -0.2) is 25.4 Å². The lowest BCUT2D eigenvalue weighted by molar-refractivity contribution is -0.109. The van der Waals surface area contributed by atoms with Crippen molar-refractivity contribution < 1.29 is 14.0 Å². The van der Waals surface area contributed by atoms with Gasteiger partial charge in [-0.15, -0.1) is 0 Å². The van der Waals surface area contributed by atoms with Crippen molar-refractivity contribution in [3.05, 3.63) is 29.6 Å². The third kappa shape index (κ3) is 3.75. The predicted octanol–water partition coefficient (Wildman–Crippen LogP) is 0.274. The van der Waals surface area contributed by atoms with Crippen LogP contribution in [0.15, 0.2) is 18.2 Å². The number of hydrogen-bond donors (Lipinski definition) is 3. The summed E-state index contributed by atoms with van der Waals surface area (Å²) in [5.41, 5.74) is 5.40. The largest absolute Gasteiger partial charge is 0.396 e. The van der Waals surface area contributed by atoms with Gasteiger partial charge in [-0.05, 0) is 18.6 Å². The Bertz CT molecular complexity index is 410. The first-order valence-corrected chi connectivity index (χ1v) is 5.16. The van der Waals surface area contributed by atoms with Crippen molar-refractivity contribution in [2.24, 2.45) is 0 Å². The Kier molecular flexibility index (Phi) is 4.93. The second-order valence-corrected chi connectivity index (χ2v) is 3.38. The van der Waals surface area contributed by atoms with Gasteiger partial charge in [0.15, 0.2) is 0 Å². The third-order valence-electron chi connectivity index (χ3n) is 2.16. The van der Waals surface area contributed by atoms with E-state index in [1.54, 1.807) is 0 Å². The second-order valence-electron chi connectivity index (χ2n) is 3.38. The normalized spacial score (nSPS) is 9.71. The summed E-state index contributed by atoms with van der Waals surface area (Å²) in [4.78, 5) is 21.6. The number of rotatable bonds is 6. The van der Waals surface area contributed by atoms with E-state index in [2.05, 4.69) is 10.6 Å². The molecular formula is C11H14FN3O2. The Morgan fingerprint density at radius 2 is 2.18 bits per heavy atom. The van der Waals surface area contributed by atoms with Crippen LogP contribution in [0.2, 0.25) is 0 Å². The zero-order valence-corrected chi connectivity index (χ0v) is 9.20. The van der Waals surface area contributed by atoms with Crippen molar-refractivity contribution in [3.8, 4) is 0 Å². The Morgan fingerprint density at radius 1 is 1.41 bits per heavy atom. The summed E-state index contributed by atoms with van der Waals surface area (Å²) in [6.45, 7) is 0.859. The molecule has 1 aromatic carbocycles. The van der Waals surface area contributed by atoms with E-state index in [1.165, 1.54) is 18.2 Å². The van der Waals surface area contributed by atoms with Gasteiger partial charge in [0, 0.05) is 13.1 Å². The number of carbonyl (C=O) groups excluding carboxylic acids is 2. The first-order chi connectivity index (χ1) is 8.16. The van der Waals surface area contributed by atoms with Crippen LogP contribution in [0.25, 0.3) is 0 Å². The SMILES string of the molecule is Nc1c(F)cccc1C(=O)NCCCNC=O. The van der Waals surface area contributed by atoms with Gasteiger partial charge < -0.3 is 16.4 Å². The summed E-state index contributed by atoms with van der Waals surface area (Å²) >= 11 is 0. The monoisotopic (exact) mass is 239 g/mol. The molecule has 92 valence electrons. The van der Waals surface area contributed by atoms with E-state index >= 15 is 0 Å². The van der Waals surface area contributed by atoms with Gasteiger partial charge >= 0.3 is 0 Å². The fraction of sp³-hybridized carbons (Fsp3) is 0.273. The number of para-hydroxylation sites is 1. The number of carbonyl (C=O) groups is 2. The van der Waals surface area contributed by atoms with E-state index in [1.807, 2.05) is 0 Å². The molecule has 0 spiro atoms. The highest BCUT2D eigenvalue weighted by atomic mass is 19.1. The van der Waals surface area contributed by atoms with Gasteiger partial charge in [0.1, 0.15) is 5.82 Å². The number of hydrogen-bond acceptors (Lipinski definition) is 3. The molecule has 0 radical (unpaired) electrons. The first-order valence-electron chi connectivity index (χ1n) is 5.16. The topological polar surface area (TPSA) is 84.2 Å². The van der Waals surface area contributed by atoms with Gasteiger partial charge in [0.05, 0.1) is 11.3 Å². The zero-order chi connectivity index (χ0) is 12.7. The third-order valence-corrected chi connectivity index (χ3v) is 2.16. The van der Waals surface area contributed by atoms with Crippen molar-refractivity contribution in [1.82, 2.24) is 10.6 Å². The summed E-state index contributed by atoms with van der Waals surface area (Å²) in [6, 6.07) is 4.08. The number of nitrogen functional groups attached to an aromatic ring is 1. The lowest BCUT2D eigenvalue weighted by Crippen LogP contribution is -2.27. The second kappa shape index (κ2) is 6.47. The number of benzene rings is 1. The van der Waals surface area contributed by atoms with Gasteiger partial charge in [-0.1, -0.05) is 6.07 Å². The molecule has 0 saturated carbocycles. The van der Waals surface area contributed by atoms with Crippen molar-refractivity contribution in [1.29, 1.82) is 0 Å². The van der Waals surface area contributed by atoms with Crippen LogP contribution >= 0.6 is 0 Å². The maximum absolute atomic E-state index is 13.1. The molecule has 0 aliphatic heterocycles. The molecule has 2 amide bonds. The molecule has 0 unspecified atom stereocenters. The lowest BCUT2D eigenvalue weighted by atomic mass is 10.1. The summed E-state index contributed by atoms with van der Waals surface area (Å²) in [7, 11) is 0. The minimum absolute atomic E-state index is 0.119. The van der Waals surface area contributed by atoms with E-state index in [0.717, 1.165) is 0 Å². The molecule has 1 aromatic rings. The number of halogens is 1. The molecule has 0 saturated heterocycles. The number of amides is 2. The maximum atomic E-state index is 13.1. The van der Waals surface area contributed by atoms with Gasteiger partial charge in [-0.3, -0.25) is 9.59 Å². The van der Waals surface area contributed by atoms with Crippen molar-refractivity contribution in [2.45, 2.75) is 6.42 Å². The van der Waals surface area contributed by atoms with Crippen LogP contribution in [0.4, 0.5) is 10.1 Å².